The van der Waals surface area contributed by atoms with Crippen LogP contribution < -0.4 is 0 Å². The van der Waals surface area contributed by atoms with Gasteiger partial charge in [0.25, 0.3) is 0 Å². The van der Waals surface area contributed by atoms with Gasteiger partial charge in [-0.3, -0.25) is 4.98 Å². The van der Waals surface area contributed by atoms with Crippen molar-refractivity contribution >= 4 is 11.8 Å². The molecule has 1 aromatic rings. The second-order valence-corrected chi connectivity index (χ2v) is 4.69. The molecule has 1 N–H and O–H groups in total. The second kappa shape index (κ2) is 6.04. The van der Waals surface area contributed by atoms with E-state index < -0.39 is 0 Å². The van der Waals surface area contributed by atoms with Crippen LogP contribution in [0.5, 0.6) is 0 Å². The molecular weight excluding hydrogens is 194 g/mol. The van der Waals surface area contributed by atoms with Crippen molar-refractivity contribution in [2.24, 2.45) is 0 Å². The summed E-state index contributed by atoms with van der Waals surface area (Å²) in [6.45, 7) is 4.12. The molecule has 78 valence electrons. The Kier molecular flexibility index (Phi) is 4.98. The van der Waals surface area contributed by atoms with Gasteiger partial charge < -0.3 is 5.11 Å². The van der Waals surface area contributed by atoms with Gasteiger partial charge in [-0.2, -0.15) is 11.8 Å². The third-order valence-electron chi connectivity index (χ3n) is 2.02. The van der Waals surface area contributed by atoms with E-state index in [9.17, 15) is 5.11 Å². The highest BCUT2D eigenvalue weighted by molar-refractivity contribution is 7.99. The van der Waals surface area contributed by atoms with Crippen LogP contribution >= 0.6 is 11.8 Å². The SMILES string of the molecule is CCSCCC(O)c1cncc(C)c1. The third kappa shape index (κ3) is 3.68. The highest BCUT2D eigenvalue weighted by atomic mass is 32.2. The summed E-state index contributed by atoms with van der Waals surface area (Å²) < 4.78 is 0. The fraction of sp³-hybridized carbons (Fsp3) is 0.545. The molecule has 0 amide bonds. The normalized spacial score (nSPS) is 12.8. The van der Waals surface area contributed by atoms with Crippen LogP contribution in [0.25, 0.3) is 0 Å². The molecule has 0 aromatic carbocycles. The van der Waals surface area contributed by atoms with Gasteiger partial charge >= 0.3 is 0 Å². The maximum absolute atomic E-state index is 9.82. The number of aryl methyl sites for hydroxylation is 1. The van der Waals surface area contributed by atoms with Crippen molar-refractivity contribution in [3.05, 3.63) is 29.6 Å². The summed E-state index contributed by atoms with van der Waals surface area (Å²) in [4.78, 5) is 4.07. The van der Waals surface area contributed by atoms with E-state index in [1.165, 1.54) is 0 Å². The van der Waals surface area contributed by atoms with Crippen molar-refractivity contribution in [1.29, 1.82) is 0 Å². The number of hydrogen-bond acceptors (Lipinski definition) is 3. The van der Waals surface area contributed by atoms with Gasteiger partial charge in [-0.1, -0.05) is 13.0 Å². The minimum Gasteiger partial charge on any atom is -0.388 e. The van der Waals surface area contributed by atoms with Crippen LogP contribution in [0.1, 0.15) is 30.6 Å². The van der Waals surface area contributed by atoms with Gasteiger partial charge in [0.2, 0.25) is 0 Å². The Hall–Kier alpha value is -0.540. The molecule has 1 aromatic heterocycles. The first-order chi connectivity index (χ1) is 6.74. The van der Waals surface area contributed by atoms with Crippen LogP contribution in [0.2, 0.25) is 0 Å². The Morgan fingerprint density at radius 1 is 1.50 bits per heavy atom. The zero-order chi connectivity index (χ0) is 10.4. The number of nitrogens with zero attached hydrogens (tertiary/aromatic N) is 1. The van der Waals surface area contributed by atoms with Gasteiger partial charge in [0, 0.05) is 12.4 Å². The smallest absolute Gasteiger partial charge is 0.0812 e. The Morgan fingerprint density at radius 2 is 2.29 bits per heavy atom. The molecule has 0 saturated heterocycles. The summed E-state index contributed by atoms with van der Waals surface area (Å²) in [6.07, 6.45) is 4.00. The highest BCUT2D eigenvalue weighted by Crippen LogP contribution is 2.18. The van der Waals surface area contributed by atoms with Crippen LogP contribution in [-0.2, 0) is 0 Å². The van der Waals surface area contributed by atoms with Gasteiger partial charge in [-0.05, 0) is 36.0 Å². The van der Waals surface area contributed by atoms with Gasteiger partial charge in [-0.25, -0.2) is 0 Å². The van der Waals surface area contributed by atoms with Gasteiger partial charge in [-0.15, -0.1) is 0 Å². The first-order valence-electron chi connectivity index (χ1n) is 4.91. The first-order valence-corrected chi connectivity index (χ1v) is 6.07. The molecule has 14 heavy (non-hydrogen) atoms. The summed E-state index contributed by atoms with van der Waals surface area (Å²) in [5, 5.41) is 9.82. The number of pyridine rings is 1. The van der Waals surface area contributed by atoms with E-state index >= 15 is 0 Å². The van der Waals surface area contributed by atoms with Gasteiger partial charge in [0.1, 0.15) is 0 Å². The van der Waals surface area contributed by atoms with E-state index in [0.29, 0.717) is 0 Å². The van der Waals surface area contributed by atoms with Crippen LogP contribution in [-0.4, -0.2) is 21.6 Å². The molecular formula is C11H17NOS. The zero-order valence-electron chi connectivity index (χ0n) is 8.73. The lowest BCUT2D eigenvalue weighted by Gasteiger charge is -2.10. The van der Waals surface area contributed by atoms with Crippen molar-refractivity contribution in [2.45, 2.75) is 26.4 Å². The molecule has 0 aliphatic rings. The van der Waals surface area contributed by atoms with Crippen LogP contribution in [0.15, 0.2) is 18.5 Å². The van der Waals surface area contributed by atoms with Crippen LogP contribution in [0.3, 0.4) is 0 Å². The number of rotatable bonds is 5. The second-order valence-electron chi connectivity index (χ2n) is 3.30. The molecule has 0 bridgehead atoms. The molecule has 1 heterocycles. The predicted octanol–water partition coefficient (Wildman–Crippen LogP) is 2.57. The molecule has 1 unspecified atom stereocenters. The highest BCUT2D eigenvalue weighted by Gasteiger charge is 2.07. The zero-order valence-corrected chi connectivity index (χ0v) is 9.55. The lowest BCUT2D eigenvalue weighted by Crippen LogP contribution is -2.00. The predicted molar refractivity (Wildman–Crippen MR) is 61.5 cm³/mol. The topological polar surface area (TPSA) is 33.1 Å². The Balaban J connectivity index is 2.47. The molecule has 0 fully saturated rings. The summed E-state index contributed by atoms with van der Waals surface area (Å²) in [6, 6.07) is 1.99. The fourth-order valence-electron chi connectivity index (χ4n) is 1.27. The molecule has 0 spiro atoms. The molecule has 0 saturated carbocycles. The minimum atomic E-state index is -0.360. The molecule has 3 heteroatoms. The van der Waals surface area contributed by atoms with E-state index in [0.717, 1.165) is 29.1 Å². The fourth-order valence-corrected chi connectivity index (χ4v) is 1.95. The summed E-state index contributed by atoms with van der Waals surface area (Å²) in [5.41, 5.74) is 2.03. The third-order valence-corrected chi connectivity index (χ3v) is 2.95. The monoisotopic (exact) mass is 211 g/mol. The van der Waals surface area contributed by atoms with Crippen molar-refractivity contribution in [2.75, 3.05) is 11.5 Å². The number of aliphatic hydroxyl groups is 1. The summed E-state index contributed by atoms with van der Waals surface area (Å²) >= 11 is 1.85. The summed E-state index contributed by atoms with van der Waals surface area (Å²) in [5.74, 6) is 2.12. The lowest BCUT2D eigenvalue weighted by atomic mass is 10.1. The summed E-state index contributed by atoms with van der Waals surface area (Å²) in [7, 11) is 0. The first kappa shape index (κ1) is 11.5. The Labute approximate surface area is 89.8 Å². The van der Waals surface area contributed by atoms with Crippen molar-refractivity contribution in [3.8, 4) is 0 Å². The maximum atomic E-state index is 9.82. The van der Waals surface area contributed by atoms with E-state index in [2.05, 4.69) is 11.9 Å². The van der Waals surface area contributed by atoms with Crippen molar-refractivity contribution < 1.29 is 5.11 Å². The van der Waals surface area contributed by atoms with Gasteiger partial charge in [0.05, 0.1) is 6.10 Å². The van der Waals surface area contributed by atoms with E-state index in [4.69, 9.17) is 0 Å². The maximum Gasteiger partial charge on any atom is 0.0812 e. The molecule has 0 aliphatic heterocycles. The number of aliphatic hydroxyl groups excluding tert-OH is 1. The van der Waals surface area contributed by atoms with E-state index in [1.807, 2.05) is 24.8 Å². The molecule has 0 aliphatic carbocycles. The number of hydrogen-bond donors (Lipinski definition) is 1. The standard InChI is InChI=1S/C11H17NOS/c1-3-14-5-4-11(13)10-6-9(2)7-12-8-10/h6-8,11,13H,3-5H2,1-2H3. The quantitative estimate of drug-likeness (QED) is 0.760. The van der Waals surface area contributed by atoms with E-state index in [1.54, 1.807) is 12.4 Å². The van der Waals surface area contributed by atoms with Crippen LogP contribution in [0, 0.1) is 6.92 Å². The largest absolute Gasteiger partial charge is 0.388 e. The van der Waals surface area contributed by atoms with Crippen LogP contribution in [0.4, 0.5) is 0 Å². The minimum absolute atomic E-state index is 0.360. The molecule has 2 nitrogen and oxygen atoms in total. The average molecular weight is 211 g/mol. The number of aromatic nitrogens is 1. The van der Waals surface area contributed by atoms with Crippen molar-refractivity contribution in [1.82, 2.24) is 4.98 Å². The molecule has 0 radical (unpaired) electrons. The van der Waals surface area contributed by atoms with Gasteiger partial charge in [0.15, 0.2) is 0 Å². The van der Waals surface area contributed by atoms with Crippen molar-refractivity contribution in [3.63, 3.8) is 0 Å². The molecule has 1 atom stereocenters. The van der Waals surface area contributed by atoms with E-state index in [-0.39, 0.29) is 6.10 Å². The Bertz CT molecular complexity index is 278. The molecule has 1 rings (SSSR count). The average Bonchev–Trinajstić information content (AvgIpc) is 2.18. The number of thioether (sulfide) groups is 1. The Morgan fingerprint density at radius 3 is 2.93 bits per heavy atom. The lowest BCUT2D eigenvalue weighted by molar-refractivity contribution is 0.174.